The molecule has 0 fully saturated rings. The summed E-state index contributed by atoms with van der Waals surface area (Å²) in [5.74, 6) is 0. The van der Waals surface area contributed by atoms with Crippen LogP contribution >= 0.6 is 27.5 Å². The Bertz CT molecular complexity index is 283. The highest BCUT2D eigenvalue weighted by molar-refractivity contribution is 9.09. The molecule has 0 saturated carbocycles. The number of aryl methyl sites for hydroxylation is 1. The zero-order chi connectivity index (χ0) is 7.84. The Morgan fingerprint density at radius 3 is 3.09 bits per heavy atom. The van der Waals surface area contributed by atoms with E-state index in [1.165, 1.54) is 17.5 Å². The summed E-state index contributed by atoms with van der Waals surface area (Å²) in [4.78, 5) is 0.551. The molecule has 2 rings (SSSR count). The van der Waals surface area contributed by atoms with Gasteiger partial charge in [0.25, 0.3) is 0 Å². The fourth-order valence-electron chi connectivity index (χ4n) is 1.53. The van der Waals surface area contributed by atoms with Gasteiger partial charge in [0.15, 0.2) is 0 Å². The molecule has 2 heteroatoms. The van der Waals surface area contributed by atoms with Gasteiger partial charge in [-0.15, -0.1) is 0 Å². The molecule has 0 saturated heterocycles. The van der Waals surface area contributed by atoms with Crippen LogP contribution in [0, 0.1) is 0 Å². The minimum atomic E-state index is 0.551. The summed E-state index contributed by atoms with van der Waals surface area (Å²) in [6.45, 7) is 0. The summed E-state index contributed by atoms with van der Waals surface area (Å²) < 4.78 is 0. The maximum atomic E-state index is 5.86. The fourth-order valence-corrected chi connectivity index (χ4v) is 2.40. The first-order valence-electron chi connectivity index (χ1n) is 3.70. The van der Waals surface area contributed by atoms with Gasteiger partial charge in [0.05, 0.1) is 0 Å². The first-order valence-corrected chi connectivity index (χ1v) is 4.99. The molecule has 11 heavy (non-hydrogen) atoms. The molecular formula is C9H8BrCl. The molecule has 0 aromatic heterocycles. The van der Waals surface area contributed by atoms with Crippen LogP contribution in [0.5, 0.6) is 0 Å². The molecule has 1 aromatic rings. The molecule has 0 unspecified atom stereocenters. The van der Waals surface area contributed by atoms with Crippen LogP contribution in [0.15, 0.2) is 18.2 Å². The van der Waals surface area contributed by atoms with Crippen LogP contribution in [0.4, 0.5) is 0 Å². The molecule has 0 spiro atoms. The molecule has 58 valence electrons. The van der Waals surface area contributed by atoms with E-state index < -0.39 is 0 Å². The van der Waals surface area contributed by atoms with Crippen molar-refractivity contribution in [2.75, 3.05) is 0 Å². The highest BCUT2D eigenvalue weighted by atomic mass is 79.9. The minimum absolute atomic E-state index is 0.551. The molecule has 0 heterocycles. The third kappa shape index (κ3) is 1.32. The standard InChI is InChI=1S/C9H8BrCl/c10-9-4-1-6-5-7(11)2-3-8(6)9/h2-3,5,9H,1,4H2/t9-/m0/s1. The molecule has 1 aromatic carbocycles. The maximum Gasteiger partial charge on any atom is 0.0408 e. The van der Waals surface area contributed by atoms with Crippen molar-refractivity contribution in [3.8, 4) is 0 Å². The van der Waals surface area contributed by atoms with Crippen LogP contribution in [0.25, 0.3) is 0 Å². The van der Waals surface area contributed by atoms with E-state index in [-0.39, 0.29) is 0 Å². The van der Waals surface area contributed by atoms with Crippen molar-refractivity contribution in [2.45, 2.75) is 17.7 Å². The lowest BCUT2D eigenvalue weighted by atomic mass is 10.1. The molecule has 0 amide bonds. The molecular weight excluding hydrogens is 223 g/mol. The van der Waals surface area contributed by atoms with Gasteiger partial charge in [-0.2, -0.15) is 0 Å². The Kier molecular flexibility index (Phi) is 1.94. The largest absolute Gasteiger partial charge is 0.0843 e. The van der Waals surface area contributed by atoms with Crippen molar-refractivity contribution in [3.05, 3.63) is 34.3 Å². The molecule has 0 aliphatic heterocycles. The zero-order valence-electron chi connectivity index (χ0n) is 5.98. The Labute approximate surface area is 79.7 Å². The van der Waals surface area contributed by atoms with Crippen molar-refractivity contribution in [1.82, 2.24) is 0 Å². The van der Waals surface area contributed by atoms with Gasteiger partial charge < -0.3 is 0 Å². The summed E-state index contributed by atoms with van der Waals surface area (Å²) >= 11 is 9.47. The van der Waals surface area contributed by atoms with Gasteiger partial charge in [-0.3, -0.25) is 0 Å². The van der Waals surface area contributed by atoms with Gasteiger partial charge in [0, 0.05) is 9.85 Å². The minimum Gasteiger partial charge on any atom is -0.0843 e. The summed E-state index contributed by atoms with van der Waals surface area (Å²) in [5, 5.41) is 0.852. The highest BCUT2D eigenvalue weighted by Crippen LogP contribution is 2.38. The van der Waals surface area contributed by atoms with Crippen LogP contribution < -0.4 is 0 Å². The summed E-state index contributed by atoms with van der Waals surface area (Å²) in [6.07, 6.45) is 2.36. The topological polar surface area (TPSA) is 0 Å². The van der Waals surface area contributed by atoms with Crippen molar-refractivity contribution >= 4 is 27.5 Å². The normalized spacial score (nSPS) is 21.8. The third-order valence-corrected chi connectivity index (χ3v) is 3.30. The molecule has 0 bridgehead atoms. The third-order valence-electron chi connectivity index (χ3n) is 2.11. The van der Waals surface area contributed by atoms with Crippen molar-refractivity contribution in [1.29, 1.82) is 0 Å². The first kappa shape index (κ1) is 7.63. The van der Waals surface area contributed by atoms with E-state index in [9.17, 15) is 0 Å². The second kappa shape index (κ2) is 2.80. The van der Waals surface area contributed by atoms with Crippen LogP contribution in [0.2, 0.25) is 5.02 Å². The molecule has 0 N–H and O–H groups in total. The maximum absolute atomic E-state index is 5.86. The Morgan fingerprint density at radius 2 is 2.27 bits per heavy atom. The number of rotatable bonds is 0. The number of fused-ring (bicyclic) bond motifs is 1. The average Bonchev–Trinajstić information content (AvgIpc) is 2.32. The monoisotopic (exact) mass is 230 g/mol. The van der Waals surface area contributed by atoms with Gasteiger partial charge in [-0.05, 0) is 36.1 Å². The van der Waals surface area contributed by atoms with Gasteiger partial charge >= 0.3 is 0 Å². The van der Waals surface area contributed by atoms with Crippen LogP contribution in [-0.4, -0.2) is 0 Å². The average molecular weight is 232 g/mol. The van der Waals surface area contributed by atoms with Crippen LogP contribution in [0.3, 0.4) is 0 Å². The summed E-state index contributed by atoms with van der Waals surface area (Å²) in [6, 6.07) is 6.14. The van der Waals surface area contributed by atoms with E-state index in [0.29, 0.717) is 4.83 Å². The predicted octanol–water partition coefficient (Wildman–Crippen LogP) is 3.72. The second-order valence-electron chi connectivity index (χ2n) is 2.85. The van der Waals surface area contributed by atoms with Gasteiger partial charge in [-0.25, -0.2) is 0 Å². The van der Waals surface area contributed by atoms with Gasteiger partial charge in [-0.1, -0.05) is 33.6 Å². The van der Waals surface area contributed by atoms with Crippen molar-refractivity contribution in [2.24, 2.45) is 0 Å². The van der Waals surface area contributed by atoms with Crippen molar-refractivity contribution < 1.29 is 0 Å². The SMILES string of the molecule is Clc1ccc2c(c1)CC[C@@H]2Br. The quantitative estimate of drug-likeness (QED) is 0.597. The molecule has 1 aliphatic carbocycles. The summed E-state index contributed by atoms with van der Waals surface area (Å²) in [5.41, 5.74) is 2.81. The van der Waals surface area contributed by atoms with Gasteiger partial charge in [0.1, 0.15) is 0 Å². The van der Waals surface area contributed by atoms with Gasteiger partial charge in [0.2, 0.25) is 0 Å². The molecule has 0 nitrogen and oxygen atoms in total. The molecule has 1 aliphatic rings. The number of benzene rings is 1. The number of halogens is 2. The van der Waals surface area contributed by atoms with E-state index in [0.717, 1.165) is 11.4 Å². The van der Waals surface area contributed by atoms with E-state index in [1.54, 1.807) is 0 Å². The van der Waals surface area contributed by atoms with E-state index in [4.69, 9.17) is 11.6 Å². The first-order chi connectivity index (χ1) is 5.27. The zero-order valence-corrected chi connectivity index (χ0v) is 8.32. The van der Waals surface area contributed by atoms with Crippen LogP contribution in [-0.2, 0) is 6.42 Å². The fraction of sp³-hybridized carbons (Fsp3) is 0.333. The molecule has 0 radical (unpaired) electrons. The number of hydrogen-bond donors (Lipinski definition) is 0. The Hall–Kier alpha value is -0.0100. The number of hydrogen-bond acceptors (Lipinski definition) is 0. The second-order valence-corrected chi connectivity index (χ2v) is 4.39. The van der Waals surface area contributed by atoms with E-state index in [1.807, 2.05) is 6.07 Å². The van der Waals surface area contributed by atoms with E-state index >= 15 is 0 Å². The lowest BCUT2D eigenvalue weighted by Gasteiger charge is -2.01. The molecule has 1 atom stereocenters. The lowest BCUT2D eigenvalue weighted by molar-refractivity contribution is 0.903. The van der Waals surface area contributed by atoms with E-state index in [2.05, 4.69) is 28.1 Å². The highest BCUT2D eigenvalue weighted by Gasteiger charge is 2.19. The number of alkyl halides is 1. The predicted molar refractivity (Wildman–Crippen MR) is 51.4 cm³/mol. The van der Waals surface area contributed by atoms with Crippen LogP contribution in [0.1, 0.15) is 22.4 Å². The Morgan fingerprint density at radius 1 is 1.45 bits per heavy atom. The van der Waals surface area contributed by atoms with Crippen molar-refractivity contribution in [3.63, 3.8) is 0 Å². The summed E-state index contributed by atoms with van der Waals surface area (Å²) in [7, 11) is 0. The smallest absolute Gasteiger partial charge is 0.0408 e. The lowest BCUT2D eigenvalue weighted by Crippen LogP contribution is -1.81. The Balaban J connectivity index is 2.50.